The number of rotatable bonds is 4. The van der Waals surface area contributed by atoms with E-state index in [4.69, 9.17) is 4.74 Å². The standard InChI is InChI=1S/C13H17FO4S/c1-5-18-12(15)13(3,4)19(16,17)10-7-6-9(2)11(14)8-10/h6-8H,5H2,1-4H3. The molecule has 1 rings (SSSR count). The van der Waals surface area contributed by atoms with Crippen molar-refractivity contribution in [2.45, 2.75) is 37.3 Å². The number of benzene rings is 1. The highest BCUT2D eigenvalue weighted by molar-refractivity contribution is 7.93. The average molecular weight is 288 g/mol. The number of halogens is 1. The summed E-state index contributed by atoms with van der Waals surface area (Å²) in [6.45, 7) is 5.70. The number of ether oxygens (including phenoxy) is 1. The fraction of sp³-hybridized carbons (Fsp3) is 0.462. The van der Waals surface area contributed by atoms with Gasteiger partial charge in [0.15, 0.2) is 14.6 Å². The molecular weight excluding hydrogens is 271 g/mol. The van der Waals surface area contributed by atoms with Crippen molar-refractivity contribution in [3.63, 3.8) is 0 Å². The fourth-order valence-electron chi connectivity index (χ4n) is 1.45. The lowest BCUT2D eigenvalue weighted by atomic mass is 10.2. The Morgan fingerprint density at radius 2 is 1.95 bits per heavy atom. The van der Waals surface area contributed by atoms with E-state index in [0.717, 1.165) is 6.07 Å². The molecule has 0 aliphatic heterocycles. The molecule has 1 aromatic carbocycles. The minimum absolute atomic E-state index is 0.0834. The van der Waals surface area contributed by atoms with Gasteiger partial charge in [-0.2, -0.15) is 0 Å². The minimum Gasteiger partial charge on any atom is -0.465 e. The van der Waals surface area contributed by atoms with Gasteiger partial charge in [-0.1, -0.05) is 6.07 Å². The summed E-state index contributed by atoms with van der Waals surface area (Å²) in [5.74, 6) is -1.48. The van der Waals surface area contributed by atoms with E-state index in [1.54, 1.807) is 6.92 Å². The molecule has 0 saturated carbocycles. The summed E-state index contributed by atoms with van der Waals surface area (Å²) >= 11 is 0. The number of sulfone groups is 1. The topological polar surface area (TPSA) is 60.4 Å². The lowest BCUT2D eigenvalue weighted by Crippen LogP contribution is -2.42. The van der Waals surface area contributed by atoms with Crippen molar-refractivity contribution >= 4 is 15.8 Å². The molecule has 0 bridgehead atoms. The molecule has 0 amide bonds. The Labute approximate surface area is 112 Å². The quantitative estimate of drug-likeness (QED) is 0.797. The summed E-state index contributed by atoms with van der Waals surface area (Å²) in [5.41, 5.74) is 0.341. The van der Waals surface area contributed by atoms with E-state index < -0.39 is 26.4 Å². The van der Waals surface area contributed by atoms with Crippen LogP contribution in [0.1, 0.15) is 26.3 Å². The first-order valence-corrected chi connectivity index (χ1v) is 7.31. The zero-order valence-corrected chi connectivity index (χ0v) is 12.2. The molecule has 0 atom stereocenters. The lowest BCUT2D eigenvalue weighted by molar-refractivity contribution is -0.145. The van der Waals surface area contributed by atoms with Gasteiger partial charge in [0.05, 0.1) is 11.5 Å². The van der Waals surface area contributed by atoms with E-state index in [-0.39, 0.29) is 11.5 Å². The van der Waals surface area contributed by atoms with E-state index >= 15 is 0 Å². The Bertz CT molecular complexity index is 591. The molecule has 0 aromatic heterocycles. The lowest BCUT2D eigenvalue weighted by Gasteiger charge is -2.22. The number of esters is 1. The van der Waals surface area contributed by atoms with Crippen molar-refractivity contribution in [1.82, 2.24) is 0 Å². The second kappa shape index (κ2) is 5.28. The molecule has 19 heavy (non-hydrogen) atoms. The SMILES string of the molecule is CCOC(=O)C(C)(C)S(=O)(=O)c1ccc(C)c(F)c1. The Hall–Kier alpha value is -1.43. The number of carbonyl (C=O) groups excluding carboxylic acids is 1. The van der Waals surface area contributed by atoms with Crippen LogP contribution in [-0.2, 0) is 19.4 Å². The van der Waals surface area contributed by atoms with Crippen LogP contribution in [0.5, 0.6) is 0 Å². The smallest absolute Gasteiger partial charge is 0.327 e. The minimum atomic E-state index is -4.01. The van der Waals surface area contributed by atoms with Crippen LogP contribution < -0.4 is 0 Å². The van der Waals surface area contributed by atoms with E-state index in [1.165, 1.54) is 32.9 Å². The summed E-state index contributed by atoms with van der Waals surface area (Å²) in [6.07, 6.45) is 0. The molecule has 4 nitrogen and oxygen atoms in total. The third kappa shape index (κ3) is 2.78. The van der Waals surface area contributed by atoms with Crippen molar-refractivity contribution < 1.29 is 22.3 Å². The summed E-state index contributed by atoms with van der Waals surface area (Å²) in [4.78, 5) is 11.5. The summed E-state index contributed by atoms with van der Waals surface area (Å²) < 4.78 is 41.2. The number of aryl methyl sites for hydroxylation is 1. The zero-order valence-electron chi connectivity index (χ0n) is 11.4. The summed E-state index contributed by atoms with van der Waals surface area (Å²) in [5, 5.41) is 0. The maximum Gasteiger partial charge on any atom is 0.327 e. The van der Waals surface area contributed by atoms with Crippen LogP contribution in [0.2, 0.25) is 0 Å². The maximum absolute atomic E-state index is 13.5. The van der Waals surface area contributed by atoms with Crippen LogP contribution in [0, 0.1) is 12.7 Å². The molecule has 0 fully saturated rings. The van der Waals surface area contributed by atoms with Gasteiger partial charge < -0.3 is 4.74 Å². The highest BCUT2D eigenvalue weighted by Gasteiger charge is 2.44. The van der Waals surface area contributed by atoms with Gasteiger partial charge in [0.2, 0.25) is 0 Å². The third-order valence-electron chi connectivity index (χ3n) is 2.89. The first-order chi connectivity index (χ1) is 8.64. The van der Waals surface area contributed by atoms with E-state index in [2.05, 4.69) is 0 Å². The molecule has 0 N–H and O–H groups in total. The van der Waals surface area contributed by atoms with Crippen molar-refractivity contribution in [2.75, 3.05) is 6.61 Å². The highest BCUT2D eigenvalue weighted by atomic mass is 32.2. The molecule has 1 aromatic rings. The Kier molecular flexibility index (Phi) is 4.35. The van der Waals surface area contributed by atoms with Crippen LogP contribution in [-0.4, -0.2) is 25.7 Å². The second-order valence-corrected chi connectivity index (χ2v) is 7.14. The van der Waals surface area contributed by atoms with Crippen molar-refractivity contribution in [1.29, 1.82) is 0 Å². The molecule has 0 aliphatic carbocycles. The average Bonchev–Trinajstić information content (AvgIpc) is 2.32. The molecule has 0 spiro atoms. The molecule has 106 valence electrons. The molecule has 0 aliphatic rings. The second-order valence-electron chi connectivity index (χ2n) is 4.65. The van der Waals surface area contributed by atoms with E-state index in [0.29, 0.717) is 5.56 Å². The summed E-state index contributed by atoms with van der Waals surface area (Å²) in [7, 11) is -4.01. The van der Waals surface area contributed by atoms with Crippen molar-refractivity contribution in [3.8, 4) is 0 Å². The largest absolute Gasteiger partial charge is 0.465 e. The van der Waals surface area contributed by atoms with Gasteiger partial charge in [-0.05, 0) is 45.4 Å². The molecule has 0 heterocycles. The predicted octanol–water partition coefficient (Wildman–Crippen LogP) is 2.25. The Balaban J connectivity index is 3.30. The van der Waals surface area contributed by atoms with Gasteiger partial charge in [0.25, 0.3) is 0 Å². The first-order valence-electron chi connectivity index (χ1n) is 5.82. The van der Waals surface area contributed by atoms with Gasteiger partial charge in [-0.15, -0.1) is 0 Å². The number of hydrogen-bond acceptors (Lipinski definition) is 4. The van der Waals surface area contributed by atoms with Crippen LogP contribution in [0.15, 0.2) is 23.1 Å². The Morgan fingerprint density at radius 3 is 2.42 bits per heavy atom. The normalized spacial score (nSPS) is 12.3. The fourth-order valence-corrected chi connectivity index (χ4v) is 2.82. The number of carbonyl (C=O) groups is 1. The van der Waals surface area contributed by atoms with Gasteiger partial charge >= 0.3 is 5.97 Å². The van der Waals surface area contributed by atoms with E-state index in [9.17, 15) is 17.6 Å². The van der Waals surface area contributed by atoms with Crippen LogP contribution in [0.3, 0.4) is 0 Å². The molecule has 0 unspecified atom stereocenters. The van der Waals surface area contributed by atoms with Crippen molar-refractivity contribution in [3.05, 3.63) is 29.6 Å². The molecule has 0 radical (unpaired) electrons. The van der Waals surface area contributed by atoms with Gasteiger partial charge in [0, 0.05) is 0 Å². The van der Waals surface area contributed by atoms with Gasteiger partial charge in [-0.25, -0.2) is 12.8 Å². The van der Waals surface area contributed by atoms with Gasteiger partial charge in [-0.3, -0.25) is 4.79 Å². The molecular formula is C13H17FO4S. The van der Waals surface area contributed by atoms with Gasteiger partial charge in [0.1, 0.15) is 5.82 Å². The monoisotopic (exact) mass is 288 g/mol. The Morgan fingerprint density at radius 1 is 1.37 bits per heavy atom. The highest BCUT2D eigenvalue weighted by Crippen LogP contribution is 2.27. The number of hydrogen-bond donors (Lipinski definition) is 0. The third-order valence-corrected chi connectivity index (χ3v) is 5.28. The predicted molar refractivity (Wildman–Crippen MR) is 69.0 cm³/mol. The zero-order chi connectivity index (χ0) is 14.8. The first kappa shape index (κ1) is 15.6. The van der Waals surface area contributed by atoms with E-state index in [1.807, 2.05) is 0 Å². The van der Waals surface area contributed by atoms with Crippen LogP contribution in [0.25, 0.3) is 0 Å². The van der Waals surface area contributed by atoms with Crippen LogP contribution >= 0.6 is 0 Å². The van der Waals surface area contributed by atoms with Crippen molar-refractivity contribution in [2.24, 2.45) is 0 Å². The summed E-state index contributed by atoms with van der Waals surface area (Å²) in [6, 6.07) is 3.57. The van der Waals surface area contributed by atoms with Crippen LogP contribution in [0.4, 0.5) is 4.39 Å². The molecule has 0 saturated heterocycles. The maximum atomic E-state index is 13.5. The molecule has 6 heteroatoms.